The SMILES string of the molecule is Cc1cc(F)ccc1C(=O)N1CCCN(CCCl)CC1. The first kappa shape index (κ1) is 15.3. The molecule has 0 saturated carbocycles. The number of carbonyl (C=O) groups is 1. The van der Waals surface area contributed by atoms with E-state index in [0.717, 1.165) is 32.6 Å². The van der Waals surface area contributed by atoms with Gasteiger partial charge in [0.2, 0.25) is 0 Å². The van der Waals surface area contributed by atoms with Crippen LogP contribution in [0.3, 0.4) is 0 Å². The zero-order valence-electron chi connectivity index (χ0n) is 11.7. The molecule has 1 amide bonds. The van der Waals surface area contributed by atoms with Gasteiger partial charge >= 0.3 is 0 Å². The van der Waals surface area contributed by atoms with Crippen molar-refractivity contribution in [2.45, 2.75) is 13.3 Å². The fourth-order valence-corrected chi connectivity index (χ4v) is 2.79. The van der Waals surface area contributed by atoms with Crippen molar-refractivity contribution in [1.29, 1.82) is 0 Å². The number of hydrogen-bond donors (Lipinski definition) is 0. The Hall–Kier alpha value is -1.13. The molecule has 3 nitrogen and oxygen atoms in total. The number of benzene rings is 1. The molecule has 0 radical (unpaired) electrons. The van der Waals surface area contributed by atoms with E-state index >= 15 is 0 Å². The first-order chi connectivity index (χ1) is 9.61. The Morgan fingerprint density at radius 2 is 2.10 bits per heavy atom. The van der Waals surface area contributed by atoms with Gasteiger partial charge in [0.05, 0.1) is 0 Å². The van der Waals surface area contributed by atoms with Gasteiger partial charge in [-0.1, -0.05) is 0 Å². The molecule has 1 heterocycles. The van der Waals surface area contributed by atoms with Gasteiger partial charge in [0.1, 0.15) is 5.82 Å². The van der Waals surface area contributed by atoms with Gasteiger partial charge in [-0.3, -0.25) is 4.79 Å². The second-order valence-corrected chi connectivity index (χ2v) is 5.51. The number of halogens is 2. The predicted octanol–water partition coefficient (Wildman–Crippen LogP) is 2.52. The van der Waals surface area contributed by atoms with Crippen LogP contribution in [-0.4, -0.2) is 54.3 Å². The molecule has 0 aromatic heterocycles. The molecule has 1 aliphatic heterocycles. The van der Waals surface area contributed by atoms with Crippen molar-refractivity contribution in [1.82, 2.24) is 9.80 Å². The van der Waals surface area contributed by atoms with Gasteiger partial charge in [0.25, 0.3) is 5.91 Å². The van der Waals surface area contributed by atoms with E-state index in [2.05, 4.69) is 4.90 Å². The average Bonchev–Trinajstić information content (AvgIpc) is 2.64. The minimum absolute atomic E-state index is 0.00442. The van der Waals surface area contributed by atoms with E-state index in [9.17, 15) is 9.18 Å². The molecular weight excluding hydrogens is 279 g/mol. The summed E-state index contributed by atoms with van der Waals surface area (Å²) in [6, 6.07) is 4.33. The summed E-state index contributed by atoms with van der Waals surface area (Å²) in [5.74, 6) is 0.309. The smallest absolute Gasteiger partial charge is 0.254 e. The number of nitrogens with zero attached hydrogens (tertiary/aromatic N) is 2. The Bertz CT molecular complexity index is 481. The van der Waals surface area contributed by atoms with E-state index < -0.39 is 0 Å². The molecule has 1 aromatic carbocycles. The Morgan fingerprint density at radius 3 is 2.80 bits per heavy atom. The van der Waals surface area contributed by atoms with Crippen molar-refractivity contribution < 1.29 is 9.18 Å². The third kappa shape index (κ3) is 3.70. The summed E-state index contributed by atoms with van der Waals surface area (Å²) in [6.45, 7) is 5.89. The van der Waals surface area contributed by atoms with E-state index in [1.807, 2.05) is 4.90 Å². The van der Waals surface area contributed by atoms with Crippen LogP contribution in [0.25, 0.3) is 0 Å². The fraction of sp³-hybridized carbons (Fsp3) is 0.533. The lowest BCUT2D eigenvalue weighted by atomic mass is 10.1. The summed E-state index contributed by atoms with van der Waals surface area (Å²) in [5, 5.41) is 0. The summed E-state index contributed by atoms with van der Waals surface area (Å²) >= 11 is 5.76. The topological polar surface area (TPSA) is 23.6 Å². The summed E-state index contributed by atoms with van der Waals surface area (Å²) in [5.41, 5.74) is 1.29. The molecular formula is C15H20ClFN2O. The van der Waals surface area contributed by atoms with Gasteiger partial charge < -0.3 is 9.80 Å². The van der Waals surface area contributed by atoms with Crippen molar-refractivity contribution in [3.8, 4) is 0 Å². The van der Waals surface area contributed by atoms with Crippen molar-refractivity contribution >= 4 is 17.5 Å². The van der Waals surface area contributed by atoms with Crippen molar-refractivity contribution in [3.05, 3.63) is 35.1 Å². The number of rotatable bonds is 3. The van der Waals surface area contributed by atoms with Gasteiger partial charge in [-0.05, 0) is 43.7 Å². The Labute approximate surface area is 124 Å². The van der Waals surface area contributed by atoms with Crippen LogP contribution in [0.1, 0.15) is 22.3 Å². The van der Waals surface area contributed by atoms with Crippen molar-refractivity contribution in [3.63, 3.8) is 0 Å². The third-order valence-electron chi connectivity index (χ3n) is 3.70. The second kappa shape index (κ2) is 7.04. The fourth-order valence-electron chi connectivity index (χ4n) is 2.55. The highest BCUT2D eigenvalue weighted by atomic mass is 35.5. The third-order valence-corrected chi connectivity index (χ3v) is 3.86. The van der Waals surface area contributed by atoms with Gasteiger partial charge in [-0.15, -0.1) is 11.6 Å². The number of alkyl halides is 1. The Kier molecular flexibility index (Phi) is 5.38. The monoisotopic (exact) mass is 298 g/mol. The van der Waals surface area contributed by atoms with Gasteiger partial charge in [0.15, 0.2) is 0 Å². The van der Waals surface area contributed by atoms with Crippen LogP contribution in [0.2, 0.25) is 0 Å². The molecule has 1 aliphatic rings. The lowest BCUT2D eigenvalue weighted by Gasteiger charge is -2.22. The van der Waals surface area contributed by atoms with Gasteiger partial charge in [-0.2, -0.15) is 0 Å². The maximum Gasteiger partial charge on any atom is 0.254 e. The molecule has 110 valence electrons. The standard InChI is InChI=1S/C15H20ClFN2O/c1-12-11-13(17)3-4-14(12)15(20)19-7-2-6-18(8-5-16)9-10-19/h3-4,11H,2,5-10H2,1H3. The molecule has 5 heteroatoms. The zero-order valence-corrected chi connectivity index (χ0v) is 12.5. The van der Waals surface area contributed by atoms with Crippen LogP contribution in [0.4, 0.5) is 4.39 Å². The predicted molar refractivity (Wildman–Crippen MR) is 78.8 cm³/mol. The van der Waals surface area contributed by atoms with E-state index in [-0.39, 0.29) is 11.7 Å². The van der Waals surface area contributed by atoms with Crippen LogP contribution in [0, 0.1) is 12.7 Å². The minimum atomic E-state index is -0.303. The largest absolute Gasteiger partial charge is 0.337 e. The van der Waals surface area contributed by atoms with E-state index in [0.29, 0.717) is 23.6 Å². The number of amides is 1. The normalized spacial score (nSPS) is 17.1. The highest BCUT2D eigenvalue weighted by Gasteiger charge is 2.21. The van der Waals surface area contributed by atoms with Crippen LogP contribution in [-0.2, 0) is 0 Å². The summed E-state index contributed by atoms with van der Waals surface area (Å²) < 4.78 is 13.1. The molecule has 0 bridgehead atoms. The number of aryl methyl sites for hydroxylation is 1. The quantitative estimate of drug-likeness (QED) is 0.801. The summed E-state index contributed by atoms with van der Waals surface area (Å²) in [4.78, 5) is 16.6. The Balaban J connectivity index is 2.05. The van der Waals surface area contributed by atoms with Crippen LogP contribution >= 0.6 is 11.6 Å². The molecule has 0 atom stereocenters. The lowest BCUT2D eigenvalue weighted by Crippen LogP contribution is -2.36. The molecule has 1 saturated heterocycles. The van der Waals surface area contributed by atoms with Crippen molar-refractivity contribution in [2.75, 3.05) is 38.6 Å². The number of carbonyl (C=O) groups excluding carboxylic acids is 1. The molecule has 0 N–H and O–H groups in total. The van der Waals surface area contributed by atoms with Gasteiger partial charge in [0, 0.05) is 37.6 Å². The van der Waals surface area contributed by atoms with Crippen LogP contribution in [0.15, 0.2) is 18.2 Å². The van der Waals surface area contributed by atoms with Gasteiger partial charge in [-0.25, -0.2) is 4.39 Å². The molecule has 2 rings (SSSR count). The van der Waals surface area contributed by atoms with Crippen molar-refractivity contribution in [2.24, 2.45) is 0 Å². The molecule has 1 aromatic rings. The molecule has 20 heavy (non-hydrogen) atoms. The highest BCUT2D eigenvalue weighted by Crippen LogP contribution is 2.14. The van der Waals surface area contributed by atoms with E-state index in [4.69, 9.17) is 11.6 Å². The number of hydrogen-bond acceptors (Lipinski definition) is 2. The molecule has 1 fully saturated rings. The van der Waals surface area contributed by atoms with Crippen LogP contribution in [0.5, 0.6) is 0 Å². The lowest BCUT2D eigenvalue weighted by molar-refractivity contribution is 0.0761. The average molecular weight is 299 g/mol. The van der Waals surface area contributed by atoms with Crippen LogP contribution < -0.4 is 0 Å². The molecule has 0 unspecified atom stereocenters. The maximum absolute atomic E-state index is 13.1. The van der Waals surface area contributed by atoms with E-state index in [1.54, 1.807) is 13.0 Å². The van der Waals surface area contributed by atoms with E-state index in [1.165, 1.54) is 12.1 Å². The first-order valence-corrected chi connectivity index (χ1v) is 7.49. The summed E-state index contributed by atoms with van der Waals surface area (Å²) in [6.07, 6.45) is 0.947. The first-order valence-electron chi connectivity index (χ1n) is 6.95. The molecule has 0 spiro atoms. The Morgan fingerprint density at radius 1 is 1.30 bits per heavy atom. The zero-order chi connectivity index (χ0) is 14.5. The minimum Gasteiger partial charge on any atom is -0.337 e. The molecule has 0 aliphatic carbocycles. The summed E-state index contributed by atoms with van der Waals surface area (Å²) in [7, 11) is 0. The highest BCUT2D eigenvalue weighted by molar-refractivity contribution is 6.18. The second-order valence-electron chi connectivity index (χ2n) is 5.14. The maximum atomic E-state index is 13.1.